The van der Waals surface area contributed by atoms with Gasteiger partial charge in [-0.2, -0.15) is 13.2 Å². The van der Waals surface area contributed by atoms with Gasteiger partial charge in [-0.3, -0.25) is 14.5 Å². The number of methoxy groups -OCH3 is 1. The highest BCUT2D eigenvalue weighted by molar-refractivity contribution is 5.88. The van der Waals surface area contributed by atoms with E-state index in [-0.39, 0.29) is 31.0 Å². The Labute approximate surface area is 273 Å². The number of piperidine rings is 1. The molecule has 4 fully saturated rings. The molecule has 6 rings (SSSR count). The van der Waals surface area contributed by atoms with Crippen LogP contribution in [0.15, 0.2) is 42.5 Å². The number of amides is 1. The molecule has 0 radical (unpaired) electrons. The van der Waals surface area contributed by atoms with Crippen molar-refractivity contribution in [2.24, 2.45) is 11.3 Å². The number of nitrogens with zero attached hydrogens (tertiary/aromatic N) is 3. The molecule has 11 heteroatoms. The standard InChI is InChI=1S/C36H45F4N3O4/c1-4-23-19-42(32(44)35(37)22-43(26-6-5-7-26)21-30(35)24-8-11-27(47-3)12-9-24)20-29(23)28-13-10-25(36(38,39)40)18-31(28)41-16-14-34(2,15-17-41)33(45)46/h8-13,18,23,26,29-30H,4-7,14-17,19-22H2,1-3H3,(H,45,46)/t23-,29-,30-,35-/m0/s1. The Hall–Kier alpha value is -3.34. The topological polar surface area (TPSA) is 73.3 Å². The summed E-state index contributed by atoms with van der Waals surface area (Å²) < 4.78 is 64.6. The molecular formula is C36H45F4N3O4. The summed E-state index contributed by atoms with van der Waals surface area (Å²) in [6.07, 6.45) is -0.203. The molecule has 1 saturated carbocycles. The average Bonchev–Trinajstić information content (AvgIpc) is 3.61. The molecule has 7 nitrogen and oxygen atoms in total. The molecule has 2 aromatic rings. The number of rotatable bonds is 8. The summed E-state index contributed by atoms with van der Waals surface area (Å²) in [6, 6.07) is 11.3. The zero-order valence-electron chi connectivity index (χ0n) is 27.4. The minimum atomic E-state index is -4.55. The lowest BCUT2D eigenvalue weighted by Gasteiger charge is -2.39. The number of likely N-dealkylation sites (tertiary alicyclic amines) is 2. The van der Waals surface area contributed by atoms with Crippen LogP contribution >= 0.6 is 0 Å². The molecule has 1 aliphatic carbocycles. The molecule has 1 amide bonds. The summed E-state index contributed by atoms with van der Waals surface area (Å²) in [5, 5.41) is 9.73. The summed E-state index contributed by atoms with van der Waals surface area (Å²) in [4.78, 5) is 31.8. The molecule has 3 saturated heterocycles. The second kappa shape index (κ2) is 12.6. The summed E-state index contributed by atoms with van der Waals surface area (Å²) in [5.74, 6) is -1.82. The van der Waals surface area contributed by atoms with Gasteiger partial charge >= 0.3 is 12.1 Å². The lowest BCUT2D eigenvalue weighted by atomic mass is 9.79. The van der Waals surface area contributed by atoms with Crippen LogP contribution in [0.3, 0.4) is 0 Å². The van der Waals surface area contributed by atoms with Crippen LogP contribution in [0, 0.1) is 11.3 Å². The Balaban J connectivity index is 1.30. The van der Waals surface area contributed by atoms with Crippen LogP contribution in [0.4, 0.5) is 23.2 Å². The van der Waals surface area contributed by atoms with E-state index in [4.69, 9.17) is 4.74 Å². The molecule has 4 aliphatic rings. The van der Waals surface area contributed by atoms with E-state index in [0.29, 0.717) is 62.4 Å². The first-order chi connectivity index (χ1) is 22.3. The summed E-state index contributed by atoms with van der Waals surface area (Å²) >= 11 is 0. The van der Waals surface area contributed by atoms with Gasteiger partial charge in [-0.1, -0.05) is 38.0 Å². The second-order valence-electron chi connectivity index (χ2n) is 14.3. The van der Waals surface area contributed by atoms with Crippen LogP contribution in [0.25, 0.3) is 0 Å². The van der Waals surface area contributed by atoms with Crippen LogP contribution < -0.4 is 9.64 Å². The van der Waals surface area contributed by atoms with Crippen molar-refractivity contribution in [1.29, 1.82) is 0 Å². The molecule has 0 unspecified atom stereocenters. The smallest absolute Gasteiger partial charge is 0.416 e. The minimum absolute atomic E-state index is 0.0206. The van der Waals surface area contributed by atoms with Crippen molar-refractivity contribution in [2.45, 2.75) is 82.1 Å². The summed E-state index contributed by atoms with van der Waals surface area (Å²) in [5.41, 5.74) is -1.99. The second-order valence-corrected chi connectivity index (χ2v) is 14.3. The fraction of sp³-hybridized carbons (Fsp3) is 0.611. The number of carbonyl (C=O) groups is 2. The maximum absolute atomic E-state index is 17.5. The molecule has 0 bridgehead atoms. The lowest BCUT2D eigenvalue weighted by Crippen LogP contribution is -2.50. The molecule has 0 spiro atoms. The van der Waals surface area contributed by atoms with Gasteiger partial charge in [0.2, 0.25) is 5.67 Å². The highest BCUT2D eigenvalue weighted by Gasteiger charge is 2.57. The number of carboxylic acid groups (broad SMARTS) is 1. The van der Waals surface area contributed by atoms with Gasteiger partial charge in [0.25, 0.3) is 5.91 Å². The zero-order valence-corrected chi connectivity index (χ0v) is 27.4. The average molecular weight is 660 g/mol. The normalized spacial score (nSPS) is 28.4. The molecule has 0 aromatic heterocycles. The van der Waals surface area contributed by atoms with Crippen molar-refractivity contribution in [3.63, 3.8) is 0 Å². The van der Waals surface area contributed by atoms with E-state index in [0.717, 1.165) is 30.9 Å². The number of hydrogen-bond donors (Lipinski definition) is 1. The first-order valence-corrected chi connectivity index (χ1v) is 16.8. The Morgan fingerprint density at radius 2 is 1.70 bits per heavy atom. The van der Waals surface area contributed by atoms with Crippen LogP contribution in [-0.4, -0.2) is 84.9 Å². The zero-order chi connectivity index (χ0) is 33.7. The van der Waals surface area contributed by atoms with Gasteiger partial charge in [0, 0.05) is 62.8 Å². The summed E-state index contributed by atoms with van der Waals surface area (Å²) in [6.45, 7) is 5.27. The first kappa shape index (κ1) is 33.6. The van der Waals surface area contributed by atoms with Gasteiger partial charge in [0.05, 0.1) is 18.1 Å². The highest BCUT2D eigenvalue weighted by Crippen LogP contribution is 2.48. The molecule has 4 atom stereocenters. The monoisotopic (exact) mass is 659 g/mol. The number of carboxylic acids is 1. The molecule has 3 heterocycles. The van der Waals surface area contributed by atoms with Crippen molar-refractivity contribution in [3.8, 4) is 5.75 Å². The predicted molar refractivity (Wildman–Crippen MR) is 171 cm³/mol. The van der Waals surface area contributed by atoms with Crippen molar-refractivity contribution in [2.75, 3.05) is 51.3 Å². The highest BCUT2D eigenvalue weighted by atomic mass is 19.4. The lowest BCUT2D eigenvalue weighted by molar-refractivity contribution is -0.149. The minimum Gasteiger partial charge on any atom is -0.497 e. The van der Waals surface area contributed by atoms with Gasteiger partial charge in [-0.25, -0.2) is 4.39 Å². The molecule has 47 heavy (non-hydrogen) atoms. The number of alkyl halides is 4. The van der Waals surface area contributed by atoms with Crippen LogP contribution in [0.1, 0.15) is 80.9 Å². The van der Waals surface area contributed by atoms with Crippen LogP contribution in [0.5, 0.6) is 5.75 Å². The molecule has 256 valence electrons. The van der Waals surface area contributed by atoms with E-state index in [9.17, 15) is 27.9 Å². The Kier molecular flexibility index (Phi) is 9.00. The maximum Gasteiger partial charge on any atom is 0.416 e. The fourth-order valence-electron chi connectivity index (χ4n) is 8.13. The SMILES string of the molecule is CC[C@H]1CN(C(=O)[C@]2(F)CN(C3CCC3)C[C@H]2c2ccc(OC)cc2)C[C@@H]1c1ccc(C(F)(F)F)cc1N1CCC(C)(C(=O)O)CC1. The number of benzene rings is 2. The van der Waals surface area contributed by atoms with E-state index in [1.54, 1.807) is 31.1 Å². The summed E-state index contributed by atoms with van der Waals surface area (Å²) in [7, 11) is 1.57. The van der Waals surface area contributed by atoms with E-state index < -0.39 is 40.6 Å². The third-order valence-electron chi connectivity index (χ3n) is 11.6. The number of hydrogen-bond acceptors (Lipinski definition) is 5. The molecule has 2 aromatic carbocycles. The fourth-order valence-corrected chi connectivity index (χ4v) is 8.13. The first-order valence-electron chi connectivity index (χ1n) is 16.8. The van der Waals surface area contributed by atoms with Crippen LogP contribution in [-0.2, 0) is 15.8 Å². The molecular weight excluding hydrogens is 614 g/mol. The largest absolute Gasteiger partial charge is 0.497 e. The van der Waals surface area contributed by atoms with E-state index in [1.807, 2.05) is 24.0 Å². The number of halogens is 4. The third kappa shape index (κ3) is 6.20. The van der Waals surface area contributed by atoms with Crippen molar-refractivity contribution in [3.05, 3.63) is 59.2 Å². The predicted octanol–water partition coefficient (Wildman–Crippen LogP) is 6.72. The Bertz CT molecular complexity index is 1470. The van der Waals surface area contributed by atoms with Gasteiger partial charge in [0.1, 0.15) is 5.75 Å². The van der Waals surface area contributed by atoms with Crippen LogP contribution in [0.2, 0.25) is 0 Å². The Morgan fingerprint density at radius 1 is 1.02 bits per heavy atom. The van der Waals surface area contributed by atoms with E-state index >= 15 is 4.39 Å². The van der Waals surface area contributed by atoms with Crippen molar-refractivity contribution < 1.29 is 37.0 Å². The molecule has 3 aliphatic heterocycles. The third-order valence-corrected chi connectivity index (χ3v) is 11.6. The number of ether oxygens (including phenoxy) is 1. The van der Waals surface area contributed by atoms with E-state index in [2.05, 4.69) is 4.90 Å². The number of carbonyl (C=O) groups excluding carboxylic acids is 1. The van der Waals surface area contributed by atoms with Crippen molar-refractivity contribution in [1.82, 2.24) is 9.80 Å². The maximum atomic E-state index is 17.5. The van der Waals surface area contributed by atoms with Gasteiger partial charge in [0.15, 0.2) is 0 Å². The molecule has 1 N–H and O–H groups in total. The van der Waals surface area contributed by atoms with Crippen molar-refractivity contribution >= 4 is 17.6 Å². The Morgan fingerprint density at radius 3 is 2.26 bits per heavy atom. The number of anilines is 1. The van der Waals surface area contributed by atoms with Gasteiger partial charge in [-0.05, 0) is 73.9 Å². The van der Waals surface area contributed by atoms with Gasteiger partial charge < -0.3 is 19.6 Å². The quantitative estimate of drug-likeness (QED) is 0.318. The van der Waals surface area contributed by atoms with E-state index in [1.165, 1.54) is 12.1 Å². The number of aliphatic carboxylic acids is 1. The van der Waals surface area contributed by atoms with Gasteiger partial charge in [-0.15, -0.1) is 0 Å².